The molecule has 0 amide bonds. The lowest BCUT2D eigenvalue weighted by molar-refractivity contribution is 0.351. The van der Waals surface area contributed by atoms with Crippen LogP contribution in [0.2, 0.25) is 0 Å². The number of benzene rings is 2. The molecule has 1 aliphatic heterocycles. The van der Waals surface area contributed by atoms with E-state index >= 15 is 0 Å². The number of aromatic nitrogens is 1. The molecule has 0 saturated heterocycles. The Hall–Kier alpha value is -2.53. The smallest absolute Gasteiger partial charge is 0.136 e. The van der Waals surface area contributed by atoms with E-state index in [1.165, 1.54) is 22.2 Å². The number of allylic oxidation sites excluding steroid dienone is 1. The summed E-state index contributed by atoms with van der Waals surface area (Å²) in [6.07, 6.45) is 3.57. The highest BCUT2D eigenvalue weighted by Crippen LogP contribution is 2.32. The van der Waals surface area contributed by atoms with Crippen molar-refractivity contribution in [3.05, 3.63) is 70.2 Å². The van der Waals surface area contributed by atoms with Gasteiger partial charge in [-0.3, -0.25) is 0 Å². The Kier molecular flexibility index (Phi) is 4.79. The first-order chi connectivity index (χ1) is 13.3. The van der Waals surface area contributed by atoms with E-state index in [-0.39, 0.29) is 5.56 Å². The van der Waals surface area contributed by atoms with Crippen molar-refractivity contribution in [3.8, 4) is 0 Å². The van der Waals surface area contributed by atoms with Gasteiger partial charge in [0.25, 0.3) is 0 Å². The summed E-state index contributed by atoms with van der Waals surface area (Å²) >= 11 is 0. The predicted molar refractivity (Wildman–Crippen MR) is 108 cm³/mol. The van der Waals surface area contributed by atoms with E-state index in [9.17, 15) is 13.2 Å². The van der Waals surface area contributed by atoms with Crippen LogP contribution in [0.1, 0.15) is 29.3 Å². The molecule has 2 heterocycles. The minimum absolute atomic E-state index is 0.185. The third-order valence-electron chi connectivity index (χ3n) is 5.57. The van der Waals surface area contributed by atoms with E-state index in [2.05, 4.69) is 35.6 Å². The fourth-order valence-corrected chi connectivity index (χ4v) is 4.13. The lowest BCUT2D eigenvalue weighted by atomic mass is 10.1. The van der Waals surface area contributed by atoms with Crippen LogP contribution in [-0.4, -0.2) is 29.6 Å². The van der Waals surface area contributed by atoms with Crippen LogP contribution in [-0.2, 0) is 12.8 Å². The van der Waals surface area contributed by atoms with Crippen LogP contribution in [0.15, 0.2) is 30.3 Å². The molecule has 0 radical (unpaired) electrons. The summed E-state index contributed by atoms with van der Waals surface area (Å²) in [6.45, 7) is 5.63. The zero-order valence-corrected chi connectivity index (χ0v) is 16.3. The number of nitrogens with zero attached hydrogens (tertiary/aromatic N) is 2. The third kappa shape index (κ3) is 3.24. The first-order valence-corrected chi connectivity index (χ1v) is 9.49. The van der Waals surface area contributed by atoms with Crippen molar-refractivity contribution >= 4 is 22.7 Å². The zero-order valence-electron chi connectivity index (χ0n) is 16.3. The summed E-state index contributed by atoms with van der Waals surface area (Å²) in [5, 5.41) is 1.19. The van der Waals surface area contributed by atoms with Crippen molar-refractivity contribution < 1.29 is 13.2 Å². The standard InChI is InChI=1S/C23H23F3N2/c1-14-4-5-21-18(10-14)17-6-8-27(3)9-7-22(17)28(21)13-15(2)23-19(25)11-16(24)12-20(23)26/h4-5,10-13H,6-9H2,1-3H3. The molecular weight excluding hydrogens is 361 g/mol. The third-order valence-corrected chi connectivity index (χ3v) is 5.57. The monoisotopic (exact) mass is 384 g/mol. The van der Waals surface area contributed by atoms with Crippen molar-refractivity contribution in [2.24, 2.45) is 0 Å². The van der Waals surface area contributed by atoms with E-state index in [4.69, 9.17) is 0 Å². The molecule has 0 atom stereocenters. The maximum Gasteiger partial charge on any atom is 0.136 e. The van der Waals surface area contributed by atoms with Gasteiger partial charge in [0.2, 0.25) is 0 Å². The molecule has 0 bridgehead atoms. The molecule has 0 unspecified atom stereocenters. The summed E-state index contributed by atoms with van der Waals surface area (Å²) in [5.41, 5.74) is 4.92. The molecular formula is C23H23F3N2. The molecule has 0 spiro atoms. The molecule has 5 heteroatoms. The second-order valence-corrected chi connectivity index (χ2v) is 7.68. The van der Waals surface area contributed by atoms with E-state index in [0.29, 0.717) is 5.57 Å². The molecule has 3 aromatic rings. The van der Waals surface area contributed by atoms with Crippen LogP contribution >= 0.6 is 0 Å². The maximum atomic E-state index is 14.3. The Bertz CT molecular complexity index is 1070. The second-order valence-electron chi connectivity index (χ2n) is 7.68. The molecule has 0 fully saturated rings. The van der Waals surface area contributed by atoms with Crippen LogP contribution in [0.4, 0.5) is 13.2 Å². The average Bonchev–Trinajstić information content (AvgIpc) is 2.75. The topological polar surface area (TPSA) is 8.17 Å². The number of likely N-dealkylation sites (N-methyl/N-ethyl adjacent to an activating group) is 1. The van der Waals surface area contributed by atoms with Gasteiger partial charge in [0.1, 0.15) is 17.5 Å². The fourth-order valence-electron chi connectivity index (χ4n) is 4.13. The van der Waals surface area contributed by atoms with Gasteiger partial charge in [0, 0.05) is 48.9 Å². The molecule has 2 aromatic carbocycles. The normalized spacial score (nSPS) is 15.7. The number of rotatable bonds is 2. The predicted octanol–water partition coefficient (Wildman–Crippen LogP) is 5.42. The van der Waals surface area contributed by atoms with Gasteiger partial charge in [-0.25, -0.2) is 13.2 Å². The van der Waals surface area contributed by atoms with Gasteiger partial charge in [0.05, 0.1) is 11.1 Å². The van der Waals surface area contributed by atoms with Crippen molar-refractivity contribution in [2.45, 2.75) is 26.7 Å². The first kappa shape index (κ1) is 18.8. The van der Waals surface area contributed by atoms with E-state index in [1.807, 2.05) is 6.07 Å². The minimum atomic E-state index is -0.912. The van der Waals surface area contributed by atoms with Gasteiger partial charge in [0.15, 0.2) is 0 Å². The lowest BCUT2D eigenvalue weighted by Gasteiger charge is -2.13. The highest BCUT2D eigenvalue weighted by molar-refractivity contribution is 5.90. The number of hydrogen-bond donors (Lipinski definition) is 0. The largest absolute Gasteiger partial charge is 0.320 e. The van der Waals surface area contributed by atoms with Gasteiger partial charge in [-0.1, -0.05) is 11.6 Å². The summed E-state index contributed by atoms with van der Waals surface area (Å²) < 4.78 is 43.9. The van der Waals surface area contributed by atoms with Crippen molar-refractivity contribution in [2.75, 3.05) is 20.1 Å². The number of aryl methyl sites for hydroxylation is 1. The summed E-state index contributed by atoms with van der Waals surface area (Å²) in [6, 6.07) is 7.74. The summed E-state index contributed by atoms with van der Waals surface area (Å²) in [4.78, 5) is 2.29. The van der Waals surface area contributed by atoms with E-state index in [0.717, 1.165) is 43.6 Å². The Morgan fingerprint density at radius 2 is 1.68 bits per heavy atom. The van der Waals surface area contributed by atoms with Crippen molar-refractivity contribution in [1.82, 2.24) is 9.47 Å². The molecule has 4 rings (SSSR count). The number of fused-ring (bicyclic) bond motifs is 3. The van der Waals surface area contributed by atoms with Gasteiger partial charge in [-0.05, 0) is 50.6 Å². The average molecular weight is 384 g/mol. The molecule has 146 valence electrons. The van der Waals surface area contributed by atoms with Gasteiger partial charge in [-0.2, -0.15) is 0 Å². The molecule has 0 N–H and O–H groups in total. The maximum absolute atomic E-state index is 14.3. The van der Waals surface area contributed by atoms with Crippen LogP contribution in [0.3, 0.4) is 0 Å². The van der Waals surface area contributed by atoms with E-state index < -0.39 is 17.5 Å². The van der Waals surface area contributed by atoms with Crippen LogP contribution in [0, 0.1) is 24.4 Å². The van der Waals surface area contributed by atoms with Crippen LogP contribution in [0.5, 0.6) is 0 Å². The Morgan fingerprint density at radius 3 is 2.39 bits per heavy atom. The molecule has 28 heavy (non-hydrogen) atoms. The molecule has 1 aliphatic rings. The molecule has 2 nitrogen and oxygen atoms in total. The van der Waals surface area contributed by atoms with Crippen molar-refractivity contribution in [1.29, 1.82) is 0 Å². The second kappa shape index (κ2) is 7.13. The van der Waals surface area contributed by atoms with Crippen LogP contribution in [0.25, 0.3) is 22.7 Å². The molecule has 0 aliphatic carbocycles. The molecule has 1 aromatic heterocycles. The highest BCUT2D eigenvalue weighted by atomic mass is 19.1. The first-order valence-electron chi connectivity index (χ1n) is 9.49. The Morgan fingerprint density at radius 1 is 1.00 bits per heavy atom. The highest BCUT2D eigenvalue weighted by Gasteiger charge is 2.21. The summed E-state index contributed by atoms with van der Waals surface area (Å²) in [7, 11) is 2.11. The SMILES string of the molecule is CC(=Cn1c2c(c3cc(C)ccc31)CCN(C)CC2)c1c(F)cc(F)cc1F. The lowest BCUT2D eigenvalue weighted by Crippen LogP contribution is -2.21. The molecule has 0 saturated carbocycles. The minimum Gasteiger partial charge on any atom is -0.320 e. The van der Waals surface area contributed by atoms with Gasteiger partial charge >= 0.3 is 0 Å². The van der Waals surface area contributed by atoms with E-state index in [1.54, 1.807) is 13.1 Å². The zero-order chi connectivity index (χ0) is 20.0. The van der Waals surface area contributed by atoms with Crippen molar-refractivity contribution in [3.63, 3.8) is 0 Å². The summed E-state index contributed by atoms with van der Waals surface area (Å²) in [5.74, 6) is -2.68. The Labute approximate surface area is 162 Å². The fraction of sp³-hybridized carbons (Fsp3) is 0.304. The van der Waals surface area contributed by atoms with Gasteiger partial charge < -0.3 is 9.47 Å². The van der Waals surface area contributed by atoms with Gasteiger partial charge in [-0.15, -0.1) is 0 Å². The quantitative estimate of drug-likeness (QED) is 0.573. The number of hydrogen-bond acceptors (Lipinski definition) is 1. The Balaban J connectivity index is 1.93. The van der Waals surface area contributed by atoms with Crippen LogP contribution < -0.4 is 0 Å². The number of halogens is 3.